The zero-order valence-electron chi connectivity index (χ0n) is 20.9. The Morgan fingerprint density at radius 3 is 1.62 bits per heavy atom. The van der Waals surface area contributed by atoms with E-state index in [1.54, 1.807) is 35.5 Å². The number of ether oxygens (including phenoxy) is 5. The summed E-state index contributed by atoms with van der Waals surface area (Å²) in [5.41, 5.74) is 3.42. The lowest BCUT2D eigenvalue weighted by molar-refractivity contribution is 0.0583. The third-order valence-electron chi connectivity index (χ3n) is 6.28. The second kappa shape index (κ2) is 12.4. The normalized spacial score (nSPS) is 11.3. The van der Waals surface area contributed by atoms with E-state index in [9.17, 15) is 0 Å². The summed E-state index contributed by atoms with van der Waals surface area (Å²) in [7, 11) is 8.56. The average molecular weight is 465 g/mol. The lowest BCUT2D eigenvalue weighted by Crippen LogP contribution is -2.31. The summed E-state index contributed by atoms with van der Waals surface area (Å²) in [6, 6.07) is 22.4. The van der Waals surface area contributed by atoms with Crippen LogP contribution in [0.2, 0.25) is 0 Å². The Morgan fingerprint density at radius 2 is 1.15 bits per heavy atom. The second-order valence-corrected chi connectivity index (χ2v) is 8.17. The van der Waals surface area contributed by atoms with E-state index in [1.165, 1.54) is 5.56 Å². The lowest BCUT2D eigenvalue weighted by Gasteiger charge is -2.35. The second-order valence-electron chi connectivity index (χ2n) is 8.17. The van der Waals surface area contributed by atoms with Crippen molar-refractivity contribution in [3.63, 3.8) is 0 Å². The van der Waals surface area contributed by atoms with Gasteiger partial charge in [-0.15, -0.1) is 0 Å². The van der Waals surface area contributed by atoms with Crippen LogP contribution in [0.3, 0.4) is 0 Å². The molecule has 0 heterocycles. The minimum atomic E-state index is -0.810. The highest BCUT2D eigenvalue weighted by atomic mass is 16.5. The highest BCUT2D eigenvalue weighted by molar-refractivity contribution is 5.52. The van der Waals surface area contributed by atoms with Gasteiger partial charge in [0.25, 0.3) is 0 Å². The third kappa shape index (κ3) is 5.54. The van der Waals surface area contributed by atoms with Gasteiger partial charge in [-0.2, -0.15) is 0 Å². The summed E-state index contributed by atoms with van der Waals surface area (Å²) < 4.78 is 28.1. The zero-order valence-corrected chi connectivity index (χ0v) is 20.9. The molecule has 5 nitrogen and oxygen atoms in total. The Hall–Kier alpha value is -3.02. The Kier molecular flexibility index (Phi) is 9.37. The molecule has 0 aliphatic carbocycles. The molecular formula is C29H36O5. The van der Waals surface area contributed by atoms with Crippen LogP contribution in [0.15, 0.2) is 66.7 Å². The predicted octanol–water partition coefficient (Wildman–Crippen LogP) is 6.01. The molecule has 0 saturated heterocycles. The van der Waals surface area contributed by atoms with Gasteiger partial charge in [0.15, 0.2) is 0 Å². The molecule has 5 heteroatoms. The van der Waals surface area contributed by atoms with E-state index in [-0.39, 0.29) is 0 Å². The number of hydrogen-bond acceptors (Lipinski definition) is 5. The van der Waals surface area contributed by atoms with E-state index < -0.39 is 5.60 Å². The van der Waals surface area contributed by atoms with E-state index in [4.69, 9.17) is 23.7 Å². The Labute approximate surface area is 203 Å². The zero-order chi connectivity index (χ0) is 24.4. The molecule has 0 atom stereocenters. The largest absolute Gasteiger partial charge is 0.497 e. The molecule has 34 heavy (non-hydrogen) atoms. The molecule has 3 rings (SSSR count). The molecule has 0 aromatic heterocycles. The number of rotatable bonds is 13. The molecule has 0 aliphatic heterocycles. The van der Waals surface area contributed by atoms with Crippen molar-refractivity contribution in [1.29, 1.82) is 0 Å². The number of methoxy groups -OCH3 is 5. The van der Waals surface area contributed by atoms with Gasteiger partial charge in [0.05, 0.1) is 21.3 Å². The molecule has 0 bridgehead atoms. The summed E-state index contributed by atoms with van der Waals surface area (Å²) in [4.78, 5) is 0. The molecular weight excluding hydrogens is 428 g/mol. The van der Waals surface area contributed by atoms with Gasteiger partial charge >= 0.3 is 0 Å². The van der Waals surface area contributed by atoms with E-state index in [2.05, 4.69) is 36.4 Å². The van der Waals surface area contributed by atoms with Crippen LogP contribution >= 0.6 is 0 Å². The topological polar surface area (TPSA) is 46.2 Å². The first-order valence-electron chi connectivity index (χ1n) is 11.6. The van der Waals surface area contributed by atoms with E-state index >= 15 is 0 Å². The predicted molar refractivity (Wildman–Crippen MR) is 135 cm³/mol. The highest BCUT2D eigenvalue weighted by Crippen LogP contribution is 2.42. The maximum Gasteiger partial charge on any atom is 0.143 e. The number of hydrogen-bond donors (Lipinski definition) is 0. The molecule has 0 fully saturated rings. The summed E-state index contributed by atoms with van der Waals surface area (Å²) in [6.45, 7) is 0.791. The van der Waals surface area contributed by atoms with Crippen LogP contribution in [-0.4, -0.2) is 42.2 Å². The molecule has 0 amide bonds. The quantitative estimate of drug-likeness (QED) is 0.229. The maximum absolute atomic E-state index is 6.39. The fourth-order valence-corrected chi connectivity index (χ4v) is 4.44. The average Bonchev–Trinajstić information content (AvgIpc) is 2.90. The van der Waals surface area contributed by atoms with Gasteiger partial charge in [-0.1, -0.05) is 36.8 Å². The molecule has 182 valence electrons. The summed E-state index contributed by atoms with van der Waals surface area (Å²) in [5, 5.41) is 0. The van der Waals surface area contributed by atoms with Gasteiger partial charge in [0, 0.05) is 20.8 Å². The minimum Gasteiger partial charge on any atom is -0.497 e. The van der Waals surface area contributed by atoms with E-state index in [0.717, 1.165) is 66.2 Å². The van der Waals surface area contributed by atoms with Crippen molar-refractivity contribution in [2.24, 2.45) is 0 Å². The number of aryl methyl sites for hydroxylation is 1. The highest BCUT2D eigenvalue weighted by Gasteiger charge is 2.37. The maximum atomic E-state index is 6.39. The van der Waals surface area contributed by atoms with Gasteiger partial charge < -0.3 is 23.7 Å². The lowest BCUT2D eigenvalue weighted by atomic mass is 9.79. The van der Waals surface area contributed by atoms with Crippen molar-refractivity contribution in [3.8, 4) is 17.2 Å². The molecule has 0 aliphatic rings. The van der Waals surface area contributed by atoms with Gasteiger partial charge in [0.2, 0.25) is 0 Å². The third-order valence-corrected chi connectivity index (χ3v) is 6.28. The minimum absolute atomic E-state index is 0.791. The summed E-state index contributed by atoms with van der Waals surface area (Å²) in [6.07, 6.45) is 4.14. The molecule has 3 aromatic carbocycles. The van der Waals surface area contributed by atoms with Gasteiger partial charge in [-0.3, -0.25) is 0 Å². The fraction of sp³-hybridized carbons (Fsp3) is 0.379. The smallest absolute Gasteiger partial charge is 0.143 e. The van der Waals surface area contributed by atoms with Gasteiger partial charge in [0.1, 0.15) is 22.8 Å². The number of unbranched alkanes of at least 4 members (excludes halogenated alkanes) is 2. The van der Waals surface area contributed by atoms with Crippen molar-refractivity contribution < 1.29 is 23.7 Å². The summed E-state index contributed by atoms with van der Waals surface area (Å²) >= 11 is 0. The van der Waals surface area contributed by atoms with Gasteiger partial charge in [-0.25, -0.2) is 0 Å². The van der Waals surface area contributed by atoms with Crippen molar-refractivity contribution in [3.05, 3.63) is 89.0 Å². The molecule has 0 radical (unpaired) electrons. The summed E-state index contributed by atoms with van der Waals surface area (Å²) in [5.74, 6) is 2.50. The number of benzene rings is 3. The van der Waals surface area contributed by atoms with Crippen LogP contribution in [0, 0.1) is 0 Å². The molecule has 3 aromatic rings. The Morgan fingerprint density at radius 1 is 0.588 bits per heavy atom. The fourth-order valence-electron chi connectivity index (χ4n) is 4.44. The van der Waals surface area contributed by atoms with E-state index in [0.29, 0.717) is 0 Å². The van der Waals surface area contributed by atoms with Crippen molar-refractivity contribution in [2.45, 2.75) is 31.3 Å². The molecule has 0 N–H and O–H groups in total. The first-order valence-corrected chi connectivity index (χ1v) is 11.6. The molecule has 0 saturated carbocycles. The van der Waals surface area contributed by atoms with Crippen LogP contribution in [-0.2, 0) is 21.5 Å². The van der Waals surface area contributed by atoms with Crippen LogP contribution in [0.1, 0.15) is 41.5 Å². The first-order chi connectivity index (χ1) is 16.6. The van der Waals surface area contributed by atoms with Gasteiger partial charge in [-0.05, 0) is 77.9 Å². The van der Waals surface area contributed by atoms with Crippen molar-refractivity contribution in [1.82, 2.24) is 0 Å². The SMILES string of the molecule is COCCCCCc1cc(C(OC)(c2ccc(OC)cc2)c2ccc(OC)cc2)ccc1OC. The van der Waals surface area contributed by atoms with Crippen LogP contribution in [0.25, 0.3) is 0 Å². The molecule has 0 spiro atoms. The van der Waals surface area contributed by atoms with Crippen LogP contribution < -0.4 is 14.2 Å². The van der Waals surface area contributed by atoms with Crippen molar-refractivity contribution >= 4 is 0 Å². The Bertz CT molecular complexity index is 964. The first kappa shape index (κ1) is 25.6. The van der Waals surface area contributed by atoms with Crippen LogP contribution in [0.4, 0.5) is 0 Å². The molecule has 0 unspecified atom stereocenters. The van der Waals surface area contributed by atoms with Crippen molar-refractivity contribution in [2.75, 3.05) is 42.2 Å². The van der Waals surface area contributed by atoms with Crippen LogP contribution in [0.5, 0.6) is 17.2 Å². The standard InChI is InChI=1S/C29H36O5/c1-30-20-8-6-7-9-22-21-25(14-19-28(22)33-4)29(34-5,23-10-15-26(31-2)16-11-23)24-12-17-27(32-3)18-13-24/h10-19,21H,6-9,20H2,1-5H3. The monoisotopic (exact) mass is 464 g/mol. The Balaban J connectivity index is 2.10. The van der Waals surface area contributed by atoms with E-state index in [1.807, 2.05) is 30.3 Å².